The van der Waals surface area contributed by atoms with E-state index in [0.717, 1.165) is 11.0 Å². The molecule has 3 aromatic rings. The van der Waals surface area contributed by atoms with Gasteiger partial charge in [0, 0.05) is 12.5 Å². The standard InChI is InChI=1S/C23H26F2N4O3/c1-32-21-16(24)10-13(11-17(21)25)12-20(22-27-18-4-2-3-5-19(18)28-22)29-23(31)26-14-6-8-15(30)9-7-14/h2-5,10-11,14-15,20,30H,6-9,12H2,1H3,(H,27,28)(H2,26,29,31). The van der Waals surface area contributed by atoms with E-state index in [9.17, 15) is 18.7 Å². The molecule has 0 spiro atoms. The number of methoxy groups -OCH3 is 1. The average molecular weight is 444 g/mol. The van der Waals surface area contributed by atoms with Crippen LogP contribution in [-0.2, 0) is 6.42 Å². The molecular formula is C23H26F2N4O3. The molecule has 0 radical (unpaired) electrons. The number of halogens is 2. The SMILES string of the molecule is COc1c(F)cc(CC(NC(=O)NC2CCC(O)CC2)c2nc3ccccc3[nH]2)cc1F. The van der Waals surface area contributed by atoms with Gasteiger partial charge in [0.15, 0.2) is 17.4 Å². The zero-order chi connectivity index (χ0) is 22.7. The minimum absolute atomic E-state index is 0.0365. The van der Waals surface area contributed by atoms with Crippen molar-refractivity contribution in [3.8, 4) is 5.75 Å². The first kappa shape index (κ1) is 22.0. The molecule has 7 nitrogen and oxygen atoms in total. The summed E-state index contributed by atoms with van der Waals surface area (Å²) in [7, 11) is 1.20. The maximum Gasteiger partial charge on any atom is 0.315 e. The van der Waals surface area contributed by atoms with Crippen molar-refractivity contribution in [1.29, 1.82) is 0 Å². The smallest absolute Gasteiger partial charge is 0.315 e. The number of nitrogens with one attached hydrogen (secondary N) is 3. The molecule has 1 aliphatic rings. The Morgan fingerprint density at radius 2 is 1.91 bits per heavy atom. The van der Waals surface area contributed by atoms with Gasteiger partial charge in [0.1, 0.15) is 5.82 Å². The molecule has 1 fully saturated rings. The third kappa shape index (κ3) is 4.99. The number of imidazole rings is 1. The summed E-state index contributed by atoms with van der Waals surface area (Å²) in [6.45, 7) is 0. The van der Waals surface area contributed by atoms with Crippen LogP contribution in [0.3, 0.4) is 0 Å². The number of aromatic amines is 1. The number of amides is 2. The number of aromatic nitrogens is 2. The Labute approximate surface area is 184 Å². The van der Waals surface area contributed by atoms with Crippen LogP contribution in [0.5, 0.6) is 5.75 Å². The first-order valence-corrected chi connectivity index (χ1v) is 10.6. The molecule has 4 N–H and O–H groups in total. The lowest BCUT2D eigenvalue weighted by Crippen LogP contribution is -2.45. The first-order valence-electron chi connectivity index (χ1n) is 10.6. The maximum absolute atomic E-state index is 14.2. The molecule has 1 aliphatic carbocycles. The first-order chi connectivity index (χ1) is 15.4. The molecule has 1 heterocycles. The quantitative estimate of drug-likeness (QED) is 0.466. The molecule has 32 heavy (non-hydrogen) atoms. The van der Waals surface area contributed by atoms with Gasteiger partial charge in [-0.05, 0) is 55.5 Å². The van der Waals surface area contributed by atoms with Gasteiger partial charge in [-0.1, -0.05) is 12.1 Å². The number of urea groups is 1. The van der Waals surface area contributed by atoms with Crippen LogP contribution >= 0.6 is 0 Å². The summed E-state index contributed by atoms with van der Waals surface area (Å²) >= 11 is 0. The van der Waals surface area contributed by atoms with Gasteiger partial charge in [0.2, 0.25) is 0 Å². The minimum Gasteiger partial charge on any atom is -0.491 e. The van der Waals surface area contributed by atoms with Crippen LogP contribution in [0, 0.1) is 11.6 Å². The number of aliphatic hydroxyl groups is 1. The highest BCUT2D eigenvalue weighted by molar-refractivity contribution is 5.76. The summed E-state index contributed by atoms with van der Waals surface area (Å²) in [4.78, 5) is 20.5. The number of benzene rings is 2. The van der Waals surface area contributed by atoms with Crippen LogP contribution in [0.1, 0.15) is 43.1 Å². The molecule has 0 saturated heterocycles. The highest BCUT2D eigenvalue weighted by Gasteiger charge is 2.24. The van der Waals surface area contributed by atoms with Gasteiger partial charge in [-0.25, -0.2) is 18.6 Å². The number of hydrogen-bond acceptors (Lipinski definition) is 4. The van der Waals surface area contributed by atoms with E-state index < -0.39 is 29.5 Å². The van der Waals surface area contributed by atoms with Gasteiger partial charge in [-0.15, -0.1) is 0 Å². The van der Waals surface area contributed by atoms with Crippen LogP contribution in [0.2, 0.25) is 0 Å². The highest BCUT2D eigenvalue weighted by Crippen LogP contribution is 2.26. The van der Waals surface area contributed by atoms with Crippen LogP contribution in [0.4, 0.5) is 13.6 Å². The van der Waals surface area contributed by atoms with E-state index in [2.05, 4.69) is 20.6 Å². The predicted molar refractivity (Wildman–Crippen MR) is 115 cm³/mol. The normalized spacial score (nSPS) is 19.5. The number of hydrogen-bond donors (Lipinski definition) is 4. The molecule has 2 amide bonds. The van der Waals surface area contributed by atoms with E-state index in [1.165, 1.54) is 19.2 Å². The lowest BCUT2D eigenvalue weighted by Gasteiger charge is -2.27. The Morgan fingerprint density at radius 1 is 1.22 bits per heavy atom. The number of fused-ring (bicyclic) bond motifs is 1. The fraction of sp³-hybridized carbons (Fsp3) is 0.391. The van der Waals surface area contributed by atoms with Crippen LogP contribution in [0.15, 0.2) is 36.4 Å². The molecule has 9 heteroatoms. The second-order valence-corrected chi connectivity index (χ2v) is 8.11. The van der Waals surface area contributed by atoms with Gasteiger partial charge in [-0.3, -0.25) is 0 Å². The van der Waals surface area contributed by atoms with Crippen molar-refractivity contribution in [2.75, 3.05) is 7.11 Å². The number of para-hydroxylation sites is 2. The van der Waals surface area contributed by atoms with Gasteiger partial charge >= 0.3 is 6.03 Å². The Morgan fingerprint density at radius 3 is 2.56 bits per heavy atom. The van der Waals surface area contributed by atoms with Crippen molar-refractivity contribution in [3.05, 3.63) is 59.4 Å². The Kier molecular flexibility index (Phi) is 6.55. The highest BCUT2D eigenvalue weighted by atomic mass is 19.1. The number of rotatable bonds is 6. The van der Waals surface area contributed by atoms with Crippen molar-refractivity contribution in [3.63, 3.8) is 0 Å². The van der Waals surface area contributed by atoms with Gasteiger partial charge in [0.25, 0.3) is 0 Å². The minimum atomic E-state index is -0.809. The average Bonchev–Trinajstić information content (AvgIpc) is 3.19. The summed E-state index contributed by atoms with van der Waals surface area (Å²) in [6, 6.07) is 8.73. The summed E-state index contributed by atoms with van der Waals surface area (Å²) in [5, 5.41) is 15.5. The Bertz CT molecular complexity index is 1040. The monoisotopic (exact) mass is 444 g/mol. The third-order valence-electron chi connectivity index (χ3n) is 5.78. The Balaban J connectivity index is 1.56. The fourth-order valence-corrected chi connectivity index (χ4v) is 4.12. The third-order valence-corrected chi connectivity index (χ3v) is 5.78. The van der Waals surface area contributed by atoms with E-state index in [-0.39, 0.29) is 18.6 Å². The summed E-state index contributed by atoms with van der Waals surface area (Å²) < 4.78 is 33.2. The maximum atomic E-state index is 14.2. The molecule has 1 unspecified atom stereocenters. The number of H-pyrrole nitrogens is 1. The largest absolute Gasteiger partial charge is 0.491 e. The van der Waals surface area contributed by atoms with E-state index in [4.69, 9.17) is 4.74 Å². The zero-order valence-corrected chi connectivity index (χ0v) is 17.7. The molecule has 1 saturated carbocycles. The molecule has 2 aromatic carbocycles. The van der Waals surface area contributed by atoms with Crippen molar-refractivity contribution in [1.82, 2.24) is 20.6 Å². The van der Waals surface area contributed by atoms with Crippen LogP contribution in [0.25, 0.3) is 11.0 Å². The molecule has 1 aromatic heterocycles. The van der Waals surface area contributed by atoms with E-state index in [1.54, 1.807) is 0 Å². The van der Waals surface area contributed by atoms with Gasteiger partial charge in [0.05, 0.1) is 30.3 Å². The number of nitrogens with zero attached hydrogens (tertiary/aromatic N) is 1. The summed E-state index contributed by atoms with van der Waals surface area (Å²) in [6.07, 6.45) is 2.47. The second-order valence-electron chi connectivity index (χ2n) is 8.11. The molecule has 0 bridgehead atoms. The van der Waals surface area contributed by atoms with Crippen molar-refractivity contribution >= 4 is 17.1 Å². The lowest BCUT2D eigenvalue weighted by molar-refractivity contribution is 0.117. The summed E-state index contributed by atoms with van der Waals surface area (Å²) in [5.41, 5.74) is 1.87. The Hall–Kier alpha value is -3.20. The van der Waals surface area contributed by atoms with Crippen LogP contribution < -0.4 is 15.4 Å². The molecule has 4 rings (SSSR count). The number of ether oxygens (including phenoxy) is 1. The summed E-state index contributed by atoms with van der Waals surface area (Å²) in [5.74, 6) is -1.58. The van der Waals surface area contributed by atoms with Crippen LogP contribution in [-0.4, -0.2) is 40.4 Å². The molecule has 0 aliphatic heterocycles. The lowest BCUT2D eigenvalue weighted by atomic mass is 9.93. The molecule has 1 atom stereocenters. The molecular weight excluding hydrogens is 418 g/mol. The van der Waals surface area contributed by atoms with Crippen molar-refractivity contribution < 1.29 is 23.4 Å². The zero-order valence-electron chi connectivity index (χ0n) is 17.7. The number of carbonyl (C=O) groups is 1. The topological polar surface area (TPSA) is 99.3 Å². The van der Waals surface area contributed by atoms with E-state index in [1.807, 2.05) is 24.3 Å². The fourth-order valence-electron chi connectivity index (χ4n) is 4.12. The van der Waals surface area contributed by atoms with E-state index in [0.29, 0.717) is 37.1 Å². The number of aliphatic hydroxyl groups excluding tert-OH is 1. The van der Waals surface area contributed by atoms with E-state index >= 15 is 0 Å². The van der Waals surface area contributed by atoms with Crippen molar-refractivity contribution in [2.24, 2.45) is 0 Å². The predicted octanol–water partition coefficient (Wildman–Crippen LogP) is 3.74. The second kappa shape index (κ2) is 9.52. The number of carbonyl (C=O) groups excluding carboxylic acids is 1. The van der Waals surface area contributed by atoms with Gasteiger partial charge in [-0.2, -0.15) is 0 Å². The molecule has 170 valence electrons. The van der Waals surface area contributed by atoms with Crippen molar-refractivity contribution in [2.45, 2.75) is 50.3 Å². The van der Waals surface area contributed by atoms with Gasteiger partial charge < -0.3 is 25.5 Å².